The number of rotatable bonds is 2. The normalized spacial score (nSPS) is 41.1. The fraction of sp³-hybridized carbons (Fsp3) is 0.923. The number of likely N-dealkylation sites (tertiary alicyclic amines) is 1. The number of hydrogen-bond acceptors (Lipinski definition) is 2. The number of nitrogens with zero attached hydrogens (tertiary/aromatic N) is 1. The van der Waals surface area contributed by atoms with Gasteiger partial charge in [0.15, 0.2) is 0 Å². The van der Waals surface area contributed by atoms with Crippen LogP contribution in [0.4, 0.5) is 0 Å². The zero-order valence-corrected chi connectivity index (χ0v) is 10.4. The lowest BCUT2D eigenvalue weighted by Crippen LogP contribution is -2.48. The fourth-order valence-corrected chi connectivity index (χ4v) is 3.59. The van der Waals surface area contributed by atoms with E-state index in [1.54, 1.807) is 0 Å². The molecule has 2 fully saturated rings. The maximum absolute atomic E-state index is 11.2. The van der Waals surface area contributed by atoms with Gasteiger partial charge in [0.05, 0.1) is 0 Å². The summed E-state index contributed by atoms with van der Waals surface area (Å²) in [6.45, 7) is 5.59. The average molecular weight is 225 g/mol. The minimum absolute atomic E-state index is 0.208. The molecule has 4 unspecified atom stereocenters. The quantitative estimate of drug-likeness (QED) is 0.784. The minimum Gasteiger partial charge on any atom is -0.480 e. The van der Waals surface area contributed by atoms with Crippen molar-refractivity contribution >= 4 is 5.97 Å². The molecule has 1 N–H and O–H groups in total. The highest BCUT2D eigenvalue weighted by atomic mass is 16.4. The Morgan fingerprint density at radius 3 is 2.62 bits per heavy atom. The van der Waals surface area contributed by atoms with Gasteiger partial charge in [-0.25, -0.2) is 0 Å². The van der Waals surface area contributed by atoms with Crippen molar-refractivity contribution in [3.8, 4) is 0 Å². The van der Waals surface area contributed by atoms with Crippen molar-refractivity contribution in [2.75, 3.05) is 6.54 Å². The van der Waals surface area contributed by atoms with Gasteiger partial charge >= 0.3 is 5.97 Å². The fourth-order valence-electron chi connectivity index (χ4n) is 3.59. The summed E-state index contributed by atoms with van der Waals surface area (Å²) in [5.41, 5.74) is 0. The number of carboxylic acid groups (broad SMARTS) is 1. The molecule has 0 radical (unpaired) electrons. The molecule has 2 rings (SSSR count). The Hall–Kier alpha value is -0.570. The molecule has 16 heavy (non-hydrogen) atoms. The van der Waals surface area contributed by atoms with Gasteiger partial charge in [-0.15, -0.1) is 0 Å². The second-order valence-electron chi connectivity index (χ2n) is 5.70. The van der Waals surface area contributed by atoms with Crippen molar-refractivity contribution in [2.24, 2.45) is 11.8 Å². The summed E-state index contributed by atoms with van der Waals surface area (Å²) < 4.78 is 0. The van der Waals surface area contributed by atoms with Gasteiger partial charge in [-0.1, -0.05) is 13.8 Å². The molecule has 3 heteroatoms. The topological polar surface area (TPSA) is 40.5 Å². The third-order valence-corrected chi connectivity index (χ3v) is 4.39. The van der Waals surface area contributed by atoms with Crippen LogP contribution in [0.15, 0.2) is 0 Å². The van der Waals surface area contributed by atoms with E-state index in [1.807, 2.05) is 0 Å². The van der Waals surface area contributed by atoms with Crippen molar-refractivity contribution < 1.29 is 9.90 Å². The van der Waals surface area contributed by atoms with Crippen LogP contribution in [0.3, 0.4) is 0 Å². The van der Waals surface area contributed by atoms with E-state index < -0.39 is 5.97 Å². The molecule has 0 amide bonds. The molecule has 0 bridgehead atoms. The van der Waals surface area contributed by atoms with Gasteiger partial charge in [0.1, 0.15) is 6.04 Å². The highest BCUT2D eigenvalue weighted by molar-refractivity contribution is 5.73. The van der Waals surface area contributed by atoms with E-state index in [1.165, 1.54) is 19.3 Å². The lowest BCUT2D eigenvalue weighted by molar-refractivity contribution is -0.143. The Morgan fingerprint density at radius 2 is 2.00 bits per heavy atom. The third-order valence-electron chi connectivity index (χ3n) is 4.39. The Kier molecular flexibility index (Phi) is 3.53. The van der Waals surface area contributed by atoms with Crippen LogP contribution in [0, 0.1) is 11.8 Å². The van der Waals surface area contributed by atoms with E-state index in [0.717, 1.165) is 25.3 Å². The van der Waals surface area contributed by atoms with Gasteiger partial charge in [-0.05, 0) is 50.5 Å². The van der Waals surface area contributed by atoms with Crippen LogP contribution >= 0.6 is 0 Å². The first-order valence-electron chi connectivity index (χ1n) is 6.58. The van der Waals surface area contributed by atoms with E-state index in [0.29, 0.717) is 12.0 Å². The smallest absolute Gasteiger partial charge is 0.320 e. The van der Waals surface area contributed by atoms with Crippen LogP contribution in [-0.2, 0) is 4.79 Å². The van der Waals surface area contributed by atoms with Gasteiger partial charge < -0.3 is 5.11 Å². The molecule has 1 heterocycles. The predicted molar refractivity (Wildman–Crippen MR) is 63.3 cm³/mol. The van der Waals surface area contributed by atoms with Gasteiger partial charge in [0.25, 0.3) is 0 Å². The van der Waals surface area contributed by atoms with Gasteiger partial charge in [-0.3, -0.25) is 9.69 Å². The molecular formula is C13H23NO2. The van der Waals surface area contributed by atoms with E-state index in [-0.39, 0.29) is 6.04 Å². The maximum Gasteiger partial charge on any atom is 0.320 e. The summed E-state index contributed by atoms with van der Waals surface area (Å²) in [6, 6.07) is 0.306. The molecule has 0 aromatic carbocycles. The van der Waals surface area contributed by atoms with Crippen LogP contribution in [0.1, 0.15) is 46.0 Å². The van der Waals surface area contributed by atoms with Crippen molar-refractivity contribution in [3.05, 3.63) is 0 Å². The summed E-state index contributed by atoms with van der Waals surface area (Å²) in [7, 11) is 0. The molecule has 1 aliphatic heterocycles. The van der Waals surface area contributed by atoms with Gasteiger partial charge in [0.2, 0.25) is 0 Å². The zero-order valence-electron chi connectivity index (χ0n) is 10.4. The molecule has 1 saturated heterocycles. The summed E-state index contributed by atoms with van der Waals surface area (Å²) in [4.78, 5) is 13.4. The maximum atomic E-state index is 11.2. The highest BCUT2D eigenvalue weighted by Gasteiger charge is 2.39. The Labute approximate surface area is 97.8 Å². The average Bonchev–Trinajstić information content (AvgIpc) is 2.66. The standard InChI is InChI=1S/C13H23NO2/c1-9-5-6-11(10(2)8-9)14-7-3-4-12(14)13(15)16/h9-12H,3-8H2,1-2H3,(H,15,16). The van der Waals surface area contributed by atoms with Crippen molar-refractivity contribution in [1.29, 1.82) is 0 Å². The Balaban J connectivity index is 2.03. The lowest BCUT2D eigenvalue weighted by Gasteiger charge is -2.40. The first kappa shape index (κ1) is 11.9. The van der Waals surface area contributed by atoms with Crippen LogP contribution in [0.2, 0.25) is 0 Å². The van der Waals surface area contributed by atoms with Crippen molar-refractivity contribution in [1.82, 2.24) is 4.90 Å². The van der Waals surface area contributed by atoms with Crippen LogP contribution in [0.5, 0.6) is 0 Å². The number of hydrogen-bond donors (Lipinski definition) is 1. The molecule has 2 aliphatic rings. The Morgan fingerprint density at radius 1 is 1.25 bits per heavy atom. The van der Waals surface area contributed by atoms with Gasteiger partial charge in [-0.2, -0.15) is 0 Å². The summed E-state index contributed by atoms with van der Waals surface area (Å²) in [5, 5.41) is 9.21. The summed E-state index contributed by atoms with van der Waals surface area (Å²) >= 11 is 0. The molecule has 92 valence electrons. The zero-order chi connectivity index (χ0) is 11.7. The Bertz CT molecular complexity index is 267. The van der Waals surface area contributed by atoms with E-state index in [4.69, 9.17) is 0 Å². The van der Waals surface area contributed by atoms with Crippen molar-refractivity contribution in [3.63, 3.8) is 0 Å². The number of aliphatic carboxylic acids is 1. The van der Waals surface area contributed by atoms with Crippen molar-refractivity contribution in [2.45, 2.75) is 58.0 Å². The van der Waals surface area contributed by atoms with E-state index >= 15 is 0 Å². The minimum atomic E-state index is -0.622. The predicted octanol–water partition coefficient (Wildman–Crippen LogP) is 2.36. The number of carbonyl (C=O) groups is 1. The lowest BCUT2D eigenvalue weighted by atomic mass is 9.79. The molecule has 4 atom stereocenters. The van der Waals surface area contributed by atoms with E-state index in [2.05, 4.69) is 18.7 Å². The van der Waals surface area contributed by atoms with Crippen LogP contribution < -0.4 is 0 Å². The molecule has 0 aromatic heterocycles. The van der Waals surface area contributed by atoms with Gasteiger partial charge in [0, 0.05) is 6.04 Å². The molecule has 3 nitrogen and oxygen atoms in total. The summed E-state index contributed by atoms with van der Waals surface area (Å²) in [5.74, 6) is 0.851. The van der Waals surface area contributed by atoms with Crippen LogP contribution in [-0.4, -0.2) is 34.6 Å². The first-order chi connectivity index (χ1) is 7.59. The first-order valence-corrected chi connectivity index (χ1v) is 6.58. The SMILES string of the molecule is CC1CCC(N2CCCC2C(=O)O)C(C)C1. The number of carboxylic acids is 1. The second kappa shape index (κ2) is 4.74. The third kappa shape index (κ3) is 2.24. The molecular weight excluding hydrogens is 202 g/mol. The second-order valence-corrected chi connectivity index (χ2v) is 5.70. The molecule has 1 saturated carbocycles. The monoisotopic (exact) mass is 225 g/mol. The molecule has 0 spiro atoms. The molecule has 0 aromatic rings. The summed E-state index contributed by atoms with van der Waals surface area (Å²) in [6.07, 6.45) is 5.60. The van der Waals surface area contributed by atoms with E-state index in [9.17, 15) is 9.90 Å². The highest BCUT2D eigenvalue weighted by Crippen LogP contribution is 2.35. The molecule has 1 aliphatic carbocycles. The largest absolute Gasteiger partial charge is 0.480 e. The van der Waals surface area contributed by atoms with Crippen LogP contribution in [0.25, 0.3) is 0 Å².